The molecule has 2 amide bonds. The minimum absolute atomic E-state index is 0.106. The van der Waals surface area contributed by atoms with Crippen LogP contribution in [0.4, 0.5) is 10.1 Å². The van der Waals surface area contributed by atoms with Crippen molar-refractivity contribution in [2.75, 3.05) is 5.32 Å². The lowest BCUT2D eigenvalue weighted by molar-refractivity contribution is 0.0956. The van der Waals surface area contributed by atoms with Gasteiger partial charge in [-0.3, -0.25) is 9.59 Å². The molecular weight excluding hydrogens is 425 g/mol. The summed E-state index contributed by atoms with van der Waals surface area (Å²) < 4.78 is 14.7. The van der Waals surface area contributed by atoms with Crippen molar-refractivity contribution in [3.63, 3.8) is 0 Å². The molecule has 0 fully saturated rings. The van der Waals surface area contributed by atoms with E-state index in [-0.39, 0.29) is 16.8 Å². The molecule has 0 aliphatic rings. The van der Waals surface area contributed by atoms with Crippen LogP contribution < -0.4 is 10.7 Å². The minimum atomic E-state index is -0.642. The number of halogens is 2. The van der Waals surface area contributed by atoms with Crippen molar-refractivity contribution in [2.45, 2.75) is 0 Å². The van der Waals surface area contributed by atoms with E-state index in [1.54, 1.807) is 30.3 Å². The number of amides is 2. The van der Waals surface area contributed by atoms with Gasteiger partial charge in [-0.15, -0.1) is 0 Å². The summed E-state index contributed by atoms with van der Waals surface area (Å²) in [6, 6.07) is 19.4. The molecule has 28 heavy (non-hydrogen) atoms. The highest BCUT2D eigenvalue weighted by Crippen LogP contribution is 2.17. The number of rotatable bonds is 5. The molecular formula is C21H15BrFN3O2. The zero-order valence-electron chi connectivity index (χ0n) is 14.5. The van der Waals surface area contributed by atoms with Crippen LogP contribution in [0.5, 0.6) is 0 Å². The van der Waals surface area contributed by atoms with Gasteiger partial charge in [0.25, 0.3) is 11.8 Å². The third-order valence-corrected chi connectivity index (χ3v) is 4.32. The number of para-hydroxylation sites is 1. The van der Waals surface area contributed by atoms with Crippen LogP contribution in [0, 0.1) is 5.82 Å². The number of nitrogens with zero attached hydrogens (tertiary/aromatic N) is 1. The zero-order valence-corrected chi connectivity index (χ0v) is 16.1. The molecule has 0 spiro atoms. The van der Waals surface area contributed by atoms with Crippen LogP contribution >= 0.6 is 15.9 Å². The van der Waals surface area contributed by atoms with Gasteiger partial charge in [-0.25, -0.2) is 9.82 Å². The van der Waals surface area contributed by atoms with Crippen molar-refractivity contribution in [3.05, 3.63) is 99.8 Å². The van der Waals surface area contributed by atoms with Gasteiger partial charge in [0.05, 0.1) is 23.0 Å². The van der Waals surface area contributed by atoms with Crippen LogP contribution in [0.15, 0.2) is 82.4 Å². The molecule has 0 saturated carbocycles. The smallest absolute Gasteiger partial charge is 0.273 e. The predicted octanol–water partition coefficient (Wildman–Crippen LogP) is 4.60. The molecule has 3 aromatic rings. The molecule has 0 unspecified atom stereocenters. The predicted molar refractivity (Wildman–Crippen MR) is 110 cm³/mol. The van der Waals surface area contributed by atoms with Crippen molar-refractivity contribution >= 4 is 39.6 Å². The van der Waals surface area contributed by atoms with E-state index >= 15 is 0 Å². The fourth-order valence-corrected chi connectivity index (χ4v) is 2.66. The van der Waals surface area contributed by atoms with E-state index in [1.807, 2.05) is 24.3 Å². The second-order valence-electron chi connectivity index (χ2n) is 5.73. The Labute approximate surface area is 169 Å². The van der Waals surface area contributed by atoms with E-state index in [4.69, 9.17) is 0 Å². The Morgan fingerprint density at radius 3 is 2.21 bits per heavy atom. The molecule has 0 heterocycles. The molecule has 5 nitrogen and oxygen atoms in total. The fourth-order valence-electron chi connectivity index (χ4n) is 2.40. The molecule has 0 radical (unpaired) electrons. The number of benzene rings is 3. The van der Waals surface area contributed by atoms with Crippen LogP contribution in [0.25, 0.3) is 0 Å². The van der Waals surface area contributed by atoms with Gasteiger partial charge in [-0.1, -0.05) is 52.3 Å². The van der Waals surface area contributed by atoms with Gasteiger partial charge in [0.1, 0.15) is 5.82 Å². The molecule has 3 rings (SSSR count). The molecule has 0 aliphatic carbocycles. The third-order valence-electron chi connectivity index (χ3n) is 3.79. The highest BCUT2D eigenvalue weighted by molar-refractivity contribution is 9.10. The topological polar surface area (TPSA) is 70.6 Å². The summed E-state index contributed by atoms with van der Waals surface area (Å²) in [7, 11) is 0. The van der Waals surface area contributed by atoms with E-state index in [1.165, 1.54) is 24.4 Å². The maximum absolute atomic E-state index is 13.8. The van der Waals surface area contributed by atoms with E-state index in [0.29, 0.717) is 0 Å². The lowest BCUT2D eigenvalue weighted by atomic mass is 10.1. The monoisotopic (exact) mass is 439 g/mol. The van der Waals surface area contributed by atoms with Crippen molar-refractivity contribution in [3.8, 4) is 0 Å². The minimum Gasteiger partial charge on any atom is -0.321 e. The Kier molecular flexibility index (Phi) is 6.29. The molecule has 7 heteroatoms. The van der Waals surface area contributed by atoms with Crippen LogP contribution in [0.1, 0.15) is 26.3 Å². The summed E-state index contributed by atoms with van der Waals surface area (Å²) >= 11 is 3.34. The molecule has 0 atom stereocenters. The summed E-state index contributed by atoms with van der Waals surface area (Å²) in [6.07, 6.45) is 1.50. The first-order valence-electron chi connectivity index (χ1n) is 8.28. The van der Waals surface area contributed by atoms with Gasteiger partial charge in [0.15, 0.2) is 0 Å². The van der Waals surface area contributed by atoms with Gasteiger partial charge < -0.3 is 5.32 Å². The average Bonchev–Trinajstić information content (AvgIpc) is 2.70. The zero-order chi connectivity index (χ0) is 19.9. The largest absolute Gasteiger partial charge is 0.321 e. The average molecular weight is 440 g/mol. The molecule has 2 N–H and O–H groups in total. The Morgan fingerprint density at radius 1 is 0.857 bits per heavy atom. The summed E-state index contributed by atoms with van der Waals surface area (Å²) in [5, 5.41) is 6.49. The second-order valence-corrected chi connectivity index (χ2v) is 6.65. The van der Waals surface area contributed by atoms with Gasteiger partial charge in [-0.2, -0.15) is 5.10 Å². The molecule has 0 aromatic heterocycles. The standard InChI is InChI=1S/C21H15BrFN3O2/c22-15-11-9-14(10-12-15)13-24-26-21(28)17-6-2-4-8-19(17)25-20(27)16-5-1-3-7-18(16)23/h1-13H,(H,25,27)(H,26,28)/b24-13-. The van der Waals surface area contributed by atoms with Crippen LogP contribution in [-0.4, -0.2) is 18.0 Å². The number of hydrogen-bond acceptors (Lipinski definition) is 3. The Morgan fingerprint density at radius 2 is 1.50 bits per heavy atom. The number of carbonyl (C=O) groups excluding carboxylic acids is 2. The number of nitrogens with one attached hydrogen (secondary N) is 2. The number of anilines is 1. The summed E-state index contributed by atoms with van der Waals surface area (Å²) in [5.41, 5.74) is 3.59. The molecule has 140 valence electrons. The SMILES string of the molecule is O=C(Nc1ccccc1C(=O)N/N=C\c1ccc(Br)cc1)c1ccccc1F. The maximum atomic E-state index is 13.8. The van der Waals surface area contributed by atoms with E-state index in [0.717, 1.165) is 10.0 Å². The van der Waals surface area contributed by atoms with Gasteiger partial charge in [0, 0.05) is 4.47 Å². The van der Waals surface area contributed by atoms with Crippen LogP contribution in [0.2, 0.25) is 0 Å². The molecule has 0 aliphatic heterocycles. The first-order chi connectivity index (χ1) is 13.5. The Bertz CT molecular complexity index is 1040. The number of hydrogen-bond donors (Lipinski definition) is 2. The third kappa shape index (κ3) is 4.89. The quantitative estimate of drug-likeness (QED) is 0.450. The highest BCUT2D eigenvalue weighted by atomic mass is 79.9. The molecule has 0 saturated heterocycles. The summed E-state index contributed by atoms with van der Waals surface area (Å²) in [5.74, 6) is -1.78. The lowest BCUT2D eigenvalue weighted by Gasteiger charge is -2.10. The van der Waals surface area contributed by atoms with Gasteiger partial charge in [-0.05, 0) is 42.0 Å². The van der Waals surface area contributed by atoms with Crippen molar-refractivity contribution in [1.82, 2.24) is 5.43 Å². The number of hydrazone groups is 1. The fraction of sp³-hybridized carbons (Fsp3) is 0. The van der Waals surface area contributed by atoms with Crippen molar-refractivity contribution in [1.29, 1.82) is 0 Å². The van der Waals surface area contributed by atoms with E-state index < -0.39 is 17.6 Å². The lowest BCUT2D eigenvalue weighted by Crippen LogP contribution is -2.21. The Balaban J connectivity index is 1.72. The second kappa shape index (κ2) is 9.05. The molecule has 0 bridgehead atoms. The Hall–Kier alpha value is -3.32. The normalized spacial score (nSPS) is 10.6. The highest BCUT2D eigenvalue weighted by Gasteiger charge is 2.15. The van der Waals surface area contributed by atoms with E-state index in [2.05, 4.69) is 31.8 Å². The van der Waals surface area contributed by atoms with Crippen LogP contribution in [-0.2, 0) is 0 Å². The first kappa shape index (κ1) is 19.4. The maximum Gasteiger partial charge on any atom is 0.273 e. The summed E-state index contributed by atoms with van der Waals surface area (Å²) in [6.45, 7) is 0. The number of carbonyl (C=O) groups is 2. The van der Waals surface area contributed by atoms with Gasteiger partial charge >= 0.3 is 0 Å². The summed E-state index contributed by atoms with van der Waals surface area (Å²) in [4.78, 5) is 24.8. The van der Waals surface area contributed by atoms with E-state index in [9.17, 15) is 14.0 Å². The first-order valence-corrected chi connectivity index (χ1v) is 9.08. The van der Waals surface area contributed by atoms with Crippen molar-refractivity contribution in [2.24, 2.45) is 5.10 Å². The molecule has 3 aromatic carbocycles. The van der Waals surface area contributed by atoms with Gasteiger partial charge in [0.2, 0.25) is 0 Å². The van der Waals surface area contributed by atoms with Crippen LogP contribution in [0.3, 0.4) is 0 Å². The van der Waals surface area contributed by atoms with Crippen molar-refractivity contribution < 1.29 is 14.0 Å².